The van der Waals surface area contributed by atoms with Gasteiger partial charge in [-0.05, 0) is 55.5 Å². The maximum Gasteiger partial charge on any atom is 0.276 e. The van der Waals surface area contributed by atoms with E-state index in [1.807, 2.05) is 4.90 Å². The summed E-state index contributed by atoms with van der Waals surface area (Å²) in [5, 5.41) is 9.83. The Labute approximate surface area is 160 Å². The molecule has 2 heterocycles. The van der Waals surface area contributed by atoms with E-state index in [4.69, 9.17) is 0 Å². The molecule has 0 saturated carbocycles. The minimum atomic E-state index is -0.257. The molecule has 2 amide bonds. The van der Waals surface area contributed by atoms with Crippen LogP contribution < -0.4 is 5.32 Å². The molecule has 2 aromatic rings. The molecule has 2 N–H and O–H groups in total. The number of benzene rings is 1. The summed E-state index contributed by atoms with van der Waals surface area (Å²) in [4.78, 5) is 26.9. The van der Waals surface area contributed by atoms with Crippen LogP contribution in [0.25, 0.3) is 0 Å². The Morgan fingerprint density at radius 2 is 1.78 bits per heavy atom. The first-order valence-corrected chi connectivity index (χ1v) is 9.78. The number of carbonyl (C=O) groups is 2. The van der Waals surface area contributed by atoms with E-state index in [9.17, 15) is 9.59 Å². The van der Waals surface area contributed by atoms with Crippen LogP contribution in [-0.2, 0) is 6.42 Å². The van der Waals surface area contributed by atoms with Gasteiger partial charge in [-0.1, -0.05) is 26.7 Å². The highest BCUT2D eigenvalue weighted by atomic mass is 16.2. The van der Waals surface area contributed by atoms with Gasteiger partial charge in [-0.15, -0.1) is 0 Å². The lowest BCUT2D eigenvalue weighted by Crippen LogP contribution is -2.31. The molecule has 0 aliphatic carbocycles. The minimum Gasteiger partial charge on any atom is -0.339 e. The Morgan fingerprint density at radius 3 is 2.41 bits per heavy atom. The fraction of sp³-hybridized carbons (Fsp3) is 0.476. The van der Waals surface area contributed by atoms with Crippen LogP contribution in [0.15, 0.2) is 30.3 Å². The van der Waals surface area contributed by atoms with Gasteiger partial charge in [0.2, 0.25) is 0 Å². The lowest BCUT2D eigenvalue weighted by Gasteiger charge is -2.20. The van der Waals surface area contributed by atoms with Gasteiger partial charge in [0.1, 0.15) is 0 Å². The van der Waals surface area contributed by atoms with Gasteiger partial charge in [0, 0.05) is 30.0 Å². The molecule has 1 aromatic carbocycles. The van der Waals surface area contributed by atoms with E-state index in [2.05, 4.69) is 29.4 Å². The van der Waals surface area contributed by atoms with Gasteiger partial charge in [-0.25, -0.2) is 0 Å². The largest absolute Gasteiger partial charge is 0.339 e. The number of amides is 2. The molecule has 6 nitrogen and oxygen atoms in total. The van der Waals surface area contributed by atoms with Crippen LogP contribution in [0.4, 0.5) is 5.69 Å². The third-order valence-corrected chi connectivity index (χ3v) is 4.77. The first kappa shape index (κ1) is 19.1. The predicted molar refractivity (Wildman–Crippen MR) is 106 cm³/mol. The van der Waals surface area contributed by atoms with E-state index in [1.165, 1.54) is 12.8 Å². The first-order chi connectivity index (χ1) is 13.0. The summed E-state index contributed by atoms with van der Waals surface area (Å²) in [5.41, 5.74) is 2.64. The highest BCUT2D eigenvalue weighted by Gasteiger charge is 2.17. The van der Waals surface area contributed by atoms with Crippen LogP contribution in [0.5, 0.6) is 0 Å². The van der Waals surface area contributed by atoms with Crippen molar-refractivity contribution < 1.29 is 9.59 Å². The van der Waals surface area contributed by atoms with Crippen molar-refractivity contribution in [3.05, 3.63) is 47.3 Å². The van der Waals surface area contributed by atoms with Crippen LogP contribution in [0, 0.1) is 5.92 Å². The Kier molecular flexibility index (Phi) is 6.27. The van der Waals surface area contributed by atoms with Gasteiger partial charge in [-0.3, -0.25) is 14.7 Å². The Hall–Kier alpha value is -2.63. The summed E-state index contributed by atoms with van der Waals surface area (Å²) in [5.74, 6) is 0.309. The average Bonchev–Trinajstić information content (AvgIpc) is 2.94. The number of aromatic amines is 1. The normalized spacial score (nSPS) is 14.9. The number of likely N-dealkylation sites (tertiary alicyclic amines) is 1. The second-order valence-corrected chi connectivity index (χ2v) is 7.61. The molecule has 0 unspecified atom stereocenters. The van der Waals surface area contributed by atoms with Crippen molar-refractivity contribution in [3.63, 3.8) is 0 Å². The Morgan fingerprint density at radius 1 is 1.11 bits per heavy atom. The number of carbonyl (C=O) groups excluding carboxylic acids is 2. The third-order valence-electron chi connectivity index (χ3n) is 4.77. The second-order valence-electron chi connectivity index (χ2n) is 7.61. The number of anilines is 1. The van der Waals surface area contributed by atoms with Crippen LogP contribution in [0.2, 0.25) is 0 Å². The number of H-pyrrole nitrogens is 1. The van der Waals surface area contributed by atoms with Crippen molar-refractivity contribution in [1.82, 2.24) is 15.1 Å². The number of hydrogen-bond acceptors (Lipinski definition) is 3. The molecular weight excluding hydrogens is 340 g/mol. The van der Waals surface area contributed by atoms with Crippen molar-refractivity contribution in [3.8, 4) is 0 Å². The minimum absolute atomic E-state index is 0.0698. The van der Waals surface area contributed by atoms with Gasteiger partial charge in [0.15, 0.2) is 5.69 Å². The molecule has 144 valence electrons. The Balaban J connectivity index is 1.60. The maximum atomic E-state index is 12.6. The summed E-state index contributed by atoms with van der Waals surface area (Å²) < 4.78 is 0. The Bertz CT molecular complexity index is 772. The standard InChI is InChI=1S/C21H28N4O2/c1-15(2)13-18-14-19(24-23-18)20(26)22-17-9-7-16(8-10-17)21(27)25-11-5-3-4-6-12-25/h7-10,14-15H,3-6,11-13H2,1-2H3,(H,22,26)(H,23,24). The van der Waals surface area contributed by atoms with E-state index in [0.29, 0.717) is 22.9 Å². The van der Waals surface area contributed by atoms with E-state index in [0.717, 1.165) is 38.0 Å². The zero-order chi connectivity index (χ0) is 19.2. The molecule has 1 fully saturated rings. The predicted octanol–water partition coefficient (Wildman–Crippen LogP) is 3.88. The molecule has 0 radical (unpaired) electrons. The number of aromatic nitrogens is 2. The van der Waals surface area contributed by atoms with Crippen LogP contribution in [0.1, 0.15) is 66.1 Å². The van der Waals surface area contributed by atoms with Crippen LogP contribution in [-0.4, -0.2) is 40.0 Å². The zero-order valence-electron chi connectivity index (χ0n) is 16.1. The third kappa shape index (κ3) is 5.18. The fourth-order valence-electron chi connectivity index (χ4n) is 3.37. The summed E-state index contributed by atoms with van der Waals surface area (Å²) in [6.45, 7) is 5.90. The topological polar surface area (TPSA) is 78.1 Å². The molecule has 1 aliphatic rings. The van der Waals surface area contributed by atoms with Crippen molar-refractivity contribution in [2.45, 2.75) is 46.0 Å². The lowest BCUT2D eigenvalue weighted by atomic mass is 10.1. The van der Waals surface area contributed by atoms with Crippen LogP contribution in [0.3, 0.4) is 0 Å². The van der Waals surface area contributed by atoms with E-state index < -0.39 is 0 Å². The average molecular weight is 368 g/mol. The van der Waals surface area contributed by atoms with Crippen molar-refractivity contribution in [2.75, 3.05) is 18.4 Å². The molecular formula is C21H28N4O2. The number of nitrogens with zero attached hydrogens (tertiary/aromatic N) is 2. The maximum absolute atomic E-state index is 12.6. The smallest absolute Gasteiger partial charge is 0.276 e. The number of nitrogens with one attached hydrogen (secondary N) is 2. The molecule has 3 rings (SSSR count). The molecule has 0 atom stereocenters. The van der Waals surface area contributed by atoms with Crippen molar-refractivity contribution in [1.29, 1.82) is 0 Å². The summed E-state index contributed by atoms with van der Waals surface area (Å²) in [7, 11) is 0. The van der Waals surface area contributed by atoms with Crippen molar-refractivity contribution >= 4 is 17.5 Å². The van der Waals surface area contributed by atoms with Gasteiger partial charge in [-0.2, -0.15) is 5.10 Å². The molecule has 27 heavy (non-hydrogen) atoms. The summed E-state index contributed by atoms with van der Waals surface area (Å²) in [6, 6.07) is 8.87. The molecule has 1 aliphatic heterocycles. The molecule has 1 aromatic heterocycles. The molecule has 0 spiro atoms. The SMILES string of the molecule is CC(C)Cc1cc(C(=O)Nc2ccc(C(=O)N3CCCCCC3)cc2)n[nH]1. The second kappa shape index (κ2) is 8.84. The fourth-order valence-corrected chi connectivity index (χ4v) is 3.37. The van der Waals surface area contributed by atoms with Crippen LogP contribution >= 0.6 is 0 Å². The van der Waals surface area contributed by atoms with Gasteiger partial charge < -0.3 is 10.2 Å². The first-order valence-electron chi connectivity index (χ1n) is 9.78. The molecule has 0 bridgehead atoms. The summed E-state index contributed by atoms with van der Waals surface area (Å²) >= 11 is 0. The number of rotatable bonds is 5. The zero-order valence-corrected chi connectivity index (χ0v) is 16.1. The molecule has 6 heteroatoms. The summed E-state index contributed by atoms with van der Waals surface area (Å²) in [6.07, 6.45) is 5.39. The quantitative estimate of drug-likeness (QED) is 0.841. The van der Waals surface area contributed by atoms with Gasteiger partial charge in [0.25, 0.3) is 11.8 Å². The monoisotopic (exact) mass is 368 g/mol. The van der Waals surface area contributed by atoms with E-state index >= 15 is 0 Å². The highest BCUT2D eigenvalue weighted by Crippen LogP contribution is 2.16. The molecule has 1 saturated heterocycles. The highest BCUT2D eigenvalue weighted by molar-refractivity contribution is 6.03. The van der Waals surface area contributed by atoms with Gasteiger partial charge >= 0.3 is 0 Å². The van der Waals surface area contributed by atoms with Gasteiger partial charge in [0.05, 0.1) is 0 Å². The lowest BCUT2D eigenvalue weighted by molar-refractivity contribution is 0.0761. The number of hydrogen-bond donors (Lipinski definition) is 2. The van der Waals surface area contributed by atoms with Crippen molar-refractivity contribution in [2.24, 2.45) is 5.92 Å². The van der Waals surface area contributed by atoms with E-state index in [1.54, 1.807) is 30.3 Å². The van der Waals surface area contributed by atoms with E-state index in [-0.39, 0.29) is 11.8 Å².